The molecule has 1 amide bonds. The molecule has 1 fully saturated rings. The summed E-state index contributed by atoms with van der Waals surface area (Å²) in [5, 5.41) is 0. The zero-order valence-corrected chi connectivity index (χ0v) is 16.0. The quantitative estimate of drug-likeness (QED) is 0.652. The van der Waals surface area contributed by atoms with Crippen LogP contribution in [-0.2, 0) is 4.74 Å². The minimum absolute atomic E-state index is 0.106. The molecule has 6 nitrogen and oxygen atoms in total. The number of aromatic amines is 1. The lowest BCUT2D eigenvalue weighted by molar-refractivity contribution is 0.0299. The first-order valence-electron chi connectivity index (χ1n) is 9.01. The van der Waals surface area contributed by atoms with E-state index in [0.717, 1.165) is 11.1 Å². The molecule has 0 atom stereocenters. The number of nitrogens with one attached hydrogen (secondary N) is 1. The fraction of sp³-hybridized carbons (Fsp3) is 0.333. The maximum Gasteiger partial charge on any atom is 0.270 e. The Labute approximate surface area is 159 Å². The van der Waals surface area contributed by atoms with Crippen LogP contribution in [-0.4, -0.2) is 66.9 Å². The van der Waals surface area contributed by atoms with Crippen LogP contribution < -0.4 is 0 Å². The number of Topliss-reactive ketones (excluding diaryl/α,β-unsaturated/α-hetero) is 1. The Bertz CT molecular complexity index is 861. The van der Waals surface area contributed by atoms with Gasteiger partial charge >= 0.3 is 0 Å². The zero-order valence-electron chi connectivity index (χ0n) is 16.0. The third-order valence-electron chi connectivity index (χ3n) is 4.43. The number of rotatable bonds is 5. The molecule has 0 spiro atoms. The van der Waals surface area contributed by atoms with Crippen molar-refractivity contribution in [1.82, 2.24) is 14.8 Å². The van der Waals surface area contributed by atoms with E-state index in [-0.39, 0.29) is 11.7 Å². The number of aromatic nitrogens is 1. The molecule has 0 saturated carbocycles. The summed E-state index contributed by atoms with van der Waals surface area (Å²) in [6.45, 7) is 4.21. The second-order valence-electron chi connectivity index (χ2n) is 6.91. The first-order valence-corrected chi connectivity index (χ1v) is 9.01. The lowest BCUT2D eigenvalue weighted by Gasteiger charge is -2.26. The van der Waals surface area contributed by atoms with E-state index in [1.54, 1.807) is 17.2 Å². The van der Waals surface area contributed by atoms with E-state index >= 15 is 0 Å². The van der Waals surface area contributed by atoms with Gasteiger partial charge in [0.2, 0.25) is 0 Å². The molecule has 1 saturated heterocycles. The largest absolute Gasteiger partial charge is 0.383 e. The molecule has 27 heavy (non-hydrogen) atoms. The van der Waals surface area contributed by atoms with Crippen LogP contribution in [0, 0.1) is 6.92 Å². The molecule has 0 radical (unpaired) electrons. The van der Waals surface area contributed by atoms with Crippen molar-refractivity contribution in [3.8, 4) is 0 Å². The van der Waals surface area contributed by atoms with Crippen LogP contribution in [0.2, 0.25) is 0 Å². The summed E-state index contributed by atoms with van der Waals surface area (Å²) in [5.41, 5.74) is 3.43. The number of ketones is 1. The van der Waals surface area contributed by atoms with Crippen LogP contribution in [0.15, 0.2) is 42.7 Å². The van der Waals surface area contributed by atoms with Gasteiger partial charge in [-0.05, 0) is 18.6 Å². The van der Waals surface area contributed by atoms with Gasteiger partial charge in [-0.3, -0.25) is 9.59 Å². The van der Waals surface area contributed by atoms with Gasteiger partial charge in [0.1, 0.15) is 5.69 Å². The van der Waals surface area contributed by atoms with E-state index in [1.807, 2.05) is 56.4 Å². The first-order chi connectivity index (χ1) is 13.0. The van der Waals surface area contributed by atoms with Crippen LogP contribution in [0.4, 0.5) is 0 Å². The number of hydrogen-bond acceptors (Lipinski definition) is 4. The van der Waals surface area contributed by atoms with E-state index < -0.39 is 0 Å². The molecule has 1 aromatic heterocycles. The van der Waals surface area contributed by atoms with Crippen LogP contribution >= 0.6 is 0 Å². The smallest absolute Gasteiger partial charge is 0.270 e. The third kappa shape index (κ3) is 4.46. The number of allylic oxidation sites excluding steroid dienone is 1. The maximum absolute atomic E-state index is 13.1. The van der Waals surface area contributed by atoms with Crippen LogP contribution in [0.3, 0.4) is 0 Å². The summed E-state index contributed by atoms with van der Waals surface area (Å²) in [6, 6.07) is 9.48. The van der Waals surface area contributed by atoms with Crippen molar-refractivity contribution in [2.75, 3.05) is 40.4 Å². The van der Waals surface area contributed by atoms with Gasteiger partial charge in [0.25, 0.3) is 5.91 Å². The van der Waals surface area contributed by atoms with E-state index in [9.17, 15) is 9.59 Å². The maximum atomic E-state index is 13.1. The molecule has 3 rings (SSSR count). The number of morpholine rings is 1. The summed E-state index contributed by atoms with van der Waals surface area (Å²) < 4.78 is 5.29. The Morgan fingerprint density at radius 3 is 2.56 bits per heavy atom. The molecule has 142 valence electrons. The van der Waals surface area contributed by atoms with Crippen LogP contribution in [0.25, 0.3) is 5.57 Å². The lowest BCUT2D eigenvalue weighted by Crippen LogP contribution is -2.40. The molecule has 1 N–H and O–H groups in total. The summed E-state index contributed by atoms with van der Waals surface area (Å²) in [5.74, 6) is -0.224. The van der Waals surface area contributed by atoms with Gasteiger partial charge in [-0.1, -0.05) is 29.8 Å². The topological polar surface area (TPSA) is 65.6 Å². The zero-order chi connectivity index (χ0) is 19.4. The highest BCUT2D eigenvalue weighted by atomic mass is 16.5. The standard InChI is InChI=1S/C21H25N3O3/c1-15-5-4-6-16(11-15)18(14-23(2)3)20(25)17-12-19(22-13-17)21(26)24-7-9-27-10-8-24/h4-6,11-14,22H,7-10H2,1-3H3/b18-14+. The molecule has 1 aromatic carbocycles. The number of H-pyrrole nitrogens is 1. The predicted molar refractivity (Wildman–Crippen MR) is 105 cm³/mol. The number of nitrogens with zero attached hydrogens (tertiary/aromatic N) is 2. The average molecular weight is 367 g/mol. The van der Waals surface area contributed by atoms with Gasteiger partial charge in [0, 0.05) is 50.7 Å². The number of hydrogen-bond donors (Lipinski definition) is 1. The SMILES string of the molecule is Cc1cccc(/C(=C\N(C)C)C(=O)c2c[nH]c(C(=O)N3CCOCC3)c2)c1. The third-order valence-corrected chi connectivity index (χ3v) is 4.43. The Kier molecular flexibility index (Phi) is 5.76. The van der Waals surface area contributed by atoms with Crippen molar-refractivity contribution in [3.05, 3.63) is 65.1 Å². The number of amides is 1. The highest BCUT2D eigenvalue weighted by Crippen LogP contribution is 2.22. The molecule has 6 heteroatoms. The summed E-state index contributed by atoms with van der Waals surface area (Å²) >= 11 is 0. The van der Waals surface area contributed by atoms with Crippen molar-refractivity contribution in [2.45, 2.75) is 6.92 Å². The second kappa shape index (κ2) is 8.22. The van der Waals surface area contributed by atoms with Crippen molar-refractivity contribution < 1.29 is 14.3 Å². The molecule has 2 heterocycles. The van der Waals surface area contributed by atoms with Gasteiger partial charge < -0.3 is 19.5 Å². The summed E-state index contributed by atoms with van der Waals surface area (Å²) in [6.07, 6.45) is 3.42. The molecule has 2 aromatic rings. The molecule has 1 aliphatic rings. The van der Waals surface area contributed by atoms with Crippen molar-refractivity contribution >= 4 is 17.3 Å². The Hall–Kier alpha value is -2.86. The molecular weight excluding hydrogens is 342 g/mol. The van der Waals surface area contributed by atoms with Crippen molar-refractivity contribution in [3.63, 3.8) is 0 Å². The normalized spacial score (nSPS) is 14.9. The number of carbonyl (C=O) groups is 2. The van der Waals surface area contributed by atoms with E-state index in [4.69, 9.17) is 4.74 Å². The molecule has 0 bridgehead atoms. The van der Waals surface area contributed by atoms with Gasteiger partial charge in [0.15, 0.2) is 5.78 Å². The number of benzene rings is 1. The van der Waals surface area contributed by atoms with E-state index in [0.29, 0.717) is 43.1 Å². The van der Waals surface area contributed by atoms with Crippen LogP contribution in [0.1, 0.15) is 32.0 Å². The van der Waals surface area contributed by atoms with Gasteiger partial charge in [-0.2, -0.15) is 0 Å². The number of ether oxygens (including phenoxy) is 1. The summed E-state index contributed by atoms with van der Waals surface area (Å²) in [7, 11) is 3.77. The number of aryl methyl sites for hydroxylation is 1. The Morgan fingerprint density at radius 1 is 1.15 bits per heavy atom. The molecule has 0 aliphatic carbocycles. The van der Waals surface area contributed by atoms with Crippen LogP contribution in [0.5, 0.6) is 0 Å². The fourth-order valence-electron chi connectivity index (χ4n) is 3.08. The summed E-state index contributed by atoms with van der Waals surface area (Å²) in [4.78, 5) is 32.3. The average Bonchev–Trinajstić information content (AvgIpc) is 3.15. The minimum Gasteiger partial charge on any atom is -0.383 e. The van der Waals surface area contributed by atoms with Gasteiger partial charge in [-0.15, -0.1) is 0 Å². The van der Waals surface area contributed by atoms with Gasteiger partial charge in [0.05, 0.1) is 13.2 Å². The van der Waals surface area contributed by atoms with Crippen molar-refractivity contribution in [1.29, 1.82) is 0 Å². The number of carbonyl (C=O) groups excluding carboxylic acids is 2. The second-order valence-corrected chi connectivity index (χ2v) is 6.91. The van der Waals surface area contributed by atoms with Gasteiger partial charge in [-0.25, -0.2) is 0 Å². The monoisotopic (exact) mass is 367 g/mol. The molecule has 1 aliphatic heterocycles. The van der Waals surface area contributed by atoms with E-state index in [1.165, 1.54) is 0 Å². The highest BCUT2D eigenvalue weighted by molar-refractivity contribution is 6.29. The predicted octanol–water partition coefficient (Wildman–Crippen LogP) is 2.58. The highest BCUT2D eigenvalue weighted by Gasteiger charge is 2.22. The van der Waals surface area contributed by atoms with Crippen molar-refractivity contribution in [2.24, 2.45) is 0 Å². The first kappa shape index (κ1) is 18.9. The molecule has 0 unspecified atom stereocenters. The Morgan fingerprint density at radius 2 is 1.89 bits per heavy atom. The van der Waals surface area contributed by atoms with E-state index in [2.05, 4.69) is 4.98 Å². The minimum atomic E-state index is -0.119. The fourth-order valence-corrected chi connectivity index (χ4v) is 3.08. The Balaban J connectivity index is 1.87. The lowest BCUT2D eigenvalue weighted by atomic mass is 9.97. The molecular formula is C21H25N3O3.